The summed E-state index contributed by atoms with van der Waals surface area (Å²) in [5.41, 5.74) is 2.17. The summed E-state index contributed by atoms with van der Waals surface area (Å²) in [6.45, 7) is 14.1. The number of ether oxygens (including phenoxy) is 1. The molecular formula is C18H31NO2. The van der Waals surface area contributed by atoms with Crippen molar-refractivity contribution < 1.29 is 9.84 Å². The van der Waals surface area contributed by atoms with Crippen molar-refractivity contribution in [1.82, 2.24) is 5.32 Å². The number of aliphatic hydroxyl groups is 1. The Morgan fingerprint density at radius 1 is 1.14 bits per heavy atom. The standard InChI is InChI=1S/C18H31NO2/c1-7-14-9-10-16(15(11-14)17(3,4)5)21-13-18(6,12-20)19-8-2/h9-11,19-20H,7-8,12-13H2,1-6H3. The highest BCUT2D eigenvalue weighted by atomic mass is 16.5. The smallest absolute Gasteiger partial charge is 0.123 e. The van der Waals surface area contributed by atoms with Crippen LogP contribution < -0.4 is 10.1 Å². The maximum Gasteiger partial charge on any atom is 0.123 e. The fourth-order valence-electron chi connectivity index (χ4n) is 2.33. The molecule has 120 valence electrons. The largest absolute Gasteiger partial charge is 0.491 e. The average molecular weight is 293 g/mol. The molecule has 0 amide bonds. The lowest BCUT2D eigenvalue weighted by molar-refractivity contribution is 0.116. The topological polar surface area (TPSA) is 41.5 Å². The zero-order chi connectivity index (χ0) is 16.1. The van der Waals surface area contributed by atoms with Crippen LogP contribution >= 0.6 is 0 Å². The average Bonchev–Trinajstić information content (AvgIpc) is 2.44. The lowest BCUT2D eigenvalue weighted by Gasteiger charge is -2.30. The van der Waals surface area contributed by atoms with E-state index in [9.17, 15) is 5.11 Å². The fraction of sp³-hybridized carbons (Fsp3) is 0.667. The number of hydrogen-bond acceptors (Lipinski definition) is 3. The molecule has 1 unspecified atom stereocenters. The number of aryl methyl sites for hydroxylation is 1. The SMILES string of the molecule is CCNC(C)(CO)COc1ccc(CC)cc1C(C)(C)C. The van der Waals surface area contributed by atoms with E-state index in [0.29, 0.717) is 6.61 Å². The second-order valence-electron chi connectivity index (χ2n) is 6.97. The van der Waals surface area contributed by atoms with Crippen molar-refractivity contribution in [3.63, 3.8) is 0 Å². The van der Waals surface area contributed by atoms with Crippen LogP contribution in [0.4, 0.5) is 0 Å². The van der Waals surface area contributed by atoms with Gasteiger partial charge in [0.05, 0.1) is 12.1 Å². The van der Waals surface area contributed by atoms with Crippen molar-refractivity contribution in [2.45, 2.75) is 58.9 Å². The molecule has 1 aromatic rings. The third-order valence-electron chi connectivity index (χ3n) is 3.76. The Labute approximate surface area is 129 Å². The van der Waals surface area contributed by atoms with Crippen LogP contribution in [0.25, 0.3) is 0 Å². The summed E-state index contributed by atoms with van der Waals surface area (Å²) in [5, 5.41) is 12.8. The minimum Gasteiger partial charge on any atom is -0.491 e. The van der Waals surface area contributed by atoms with Crippen molar-refractivity contribution in [1.29, 1.82) is 0 Å². The van der Waals surface area contributed by atoms with E-state index >= 15 is 0 Å². The lowest BCUT2D eigenvalue weighted by Crippen LogP contribution is -2.50. The first-order valence-corrected chi connectivity index (χ1v) is 7.88. The highest BCUT2D eigenvalue weighted by Gasteiger charge is 2.25. The van der Waals surface area contributed by atoms with Gasteiger partial charge in [-0.25, -0.2) is 0 Å². The zero-order valence-corrected chi connectivity index (χ0v) is 14.4. The van der Waals surface area contributed by atoms with E-state index in [1.54, 1.807) is 0 Å². The monoisotopic (exact) mass is 293 g/mol. The zero-order valence-electron chi connectivity index (χ0n) is 14.4. The molecule has 0 aliphatic rings. The van der Waals surface area contributed by atoms with Crippen molar-refractivity contribution in [3.8, 4) is 5.75 Å². The van der Waals surface area contributed by atoms with Gasteiger partial charge in [-0.1, -0.05) is 46.8 Å². The van der Waals surface area contributed by atoms with E-state index in [2.05, 4.69) is 51.2 Å². The molecule has 0 aliphatic carbocycles. The molecule has 0 heterocycles. The van der Waals surface area contributed by atoms with Gasteiger partial charge in [0.2, 0.25) is 0 Å². The molecular weight excluding hydrogens is 262 g/mol. The molecule has 0 saturated heterocycles. The first kappa shape index (κ1) is 18.0. The predicted molar refractivity (Wildman–Crippen MR) is 89.2 cm³/mol. The van der Waals surface area contributed by atoms with E-state index in [0.717, 1.165) is 18.7 Å². The molecule has 3 heteroatoms. The third kappa shape index (κ3) is 5.01. The van der Waals surface area contributed by atoms with Crippen LogP contribution in [0.5, 0.6) is 5.75 Å². The summed E-state index contributed by atoms with van der Waals surface area (Å²) in [6, 6.07) is 6.41. The van der Waals surface area contributed by atoms with Crippen LogP contribution in [0.3, 0.4) is 0 Å². The van der Waals surface area contributed by atoms with Crippen molar-refractivity contribution in [2.24, 2.45) is 0 Å². The molecule has 0 aromatic heterocycles. The quantitative estimate of drug-likeness (QED) is 0.810. The molecule has 1 rings (SSSR count). The van der Waals surface area contributed by atoms with E-state index in [4.69, 9.17) is 4.74 Å². The Bertz CT molecular complexity index is 451. The first-order valence-electron chi connectivity index (χ1n) is 7.88. The minimum atomic E-state index is -0.409. The van der Waals surface area contributed by atoms with E-state index < -0.39 is 5.54 Å². The van der Waals surface area contributed by atoms with Crippen LogP contribution in [0, 0.1) is 0 Å². The van der Waals surface area contributed by atoms with Crippen molar-refractivity contribution >= 4 is 0 Å². The van der Waals surface area contributed by atoms with Crippen LogP contribution in [0.15, 0.2) is 18.2 Å². The molecule has 3 nitrogen and oxygen atoms in total. The Kier molecular flexibility index (Phi) is 6.24. The second kappa shape index (κ2) is 7.28. The Morgan fingerprint density at radius 3 is 2.29 bits per heavy atom. The van der Waals surface area contributed by atoms with Gasteiger partial charge >= 0.3 is 0 Å². The Hall–Kier alpha value is -1.06. The summed E-state index contributed by atoms with van der Waals surface area (Å²) in [5.74, 6) is 0.914. The minimum absolute atomic E-state index is 0.0360. The van der Waals surface area contributed by atoms with Gasteiger partial charge in [-0.05, 0) is 42.5 Å². The third-order valence-corrected chi connectivity index (χ3v) is 3.76. The van der Waals surface area contributed by atoms with Gasteiger partial charge < -0.3 is 15.2 Å². The summed E-state index contributed by atoms with van der Waals surface area (Å²) >= 11 is 0. The molecule has 0 spiro atoms. The second-order valence-corrected chi connectivity index (χ2v) is 6.97. The maximum absolute atomic E-state index is 9.56. The first-order chi connectivity index (χ1) is 9.75. The summed E-state index contributed by atoms with van der Waals surface area (Å²) < 4.78 is 6.05. The van der Waals surface area contributed by atoms with E-state index in [1.165, 1.54) is 11.1 Å². The highest BCUT2D eigenvalue weighted by molar-refractivity contribution is 5.41. The maximum atomic E-state index is 9.56. The Morgan fingerprint density at radius 2 is 1.81 bits per heavy atom. The fourth-order valence-corrected chi connectivity index (χ4v) is 2.33. The van der Waals surface area contributed by atoms with Gasteiger partial charge in [0.15, 0.2) is 0 Å². The number of hydrogen-bond donors (Lipinski definition) is 2. The van der Waals surface area contributed by atoms with Gasteiger partial charge in [0.25, 0.3) is 0 Å². The predicted octanol–water partition coefficient (Wildman–Crippen LogP) is 3.29. The summed E-state index contributed by atoms with van der Waals surface area (Å²) in [7, 11) is 0. The molecule has 0 aliphatic heterocycles. The van der Waals surface area contributed by atoms with Crippen molar-refractivity contribution in [3.05, 3.63) is 29.3 Å². The molecule has 21 heavy (non-hydrogen) atoms. The molecule has 0 radical (unpaired) electrons. The number of likely N-dealkylation sites (N-methyl/N-ethyl adjacent to an activating group) is 1. The Balaban J connectivity index is 2.97. The van der Waals surface area contributed by atoms with Gasteiger partial charge in [0.1, 0.15) is 12.4 Å². The van der Waals surface area contributed by atoms with Crippen molar-refractivity contribution in [2.75, 3.05) is 19.8 Å². The molecule has 1 atom stereocenters. The molecule has 1 aromatic carbocycles. The normalized spacial score (nSPS) is 14.8. The van der Waals surface area contributed by atoms with Crippen LogP contribution in [0.1, 0.15) is 52.7 Å². The number of rotatable bonds is 7. The summed E-state index contributed by atoms with van der Waals surface area (Å²) in [4.78, 5) is 0. The van der Waals surface area contributed by atoms with E-state index in [-0.39, 0.29) is 12.0 Å². The number of aliphatic hydroxyl groups excluding tert-OH is 1. The van der Waals surface area contributed by atoms with Crippen LogP contribution in [-0.4, -0.2) is 30.4 Å². The van der Waals surface area contributed by atoms with Gasteiger partial charge in [0, 0.05) is 0 Å². The summed E-state index contributed by atoms with van der Waals surface area (Å²) in [6.07, 6.45) is 1.02. The highest BCUT2D eigenvalue weighted by Crippen LogP contribution is 2.32. The molecule has 0 bridgehead atoms. The van der Waals surface area contributed by atoms with Crippen LogP contribution in [0.2, 0.25) is 0 Å². The molecule has 0 fully saturated rings. The number of benzene rings is 1. The van der Waals surface area contributed by atoms with Gasteiger partial charge in [-0.3, -0.25) is 0 Å². The molecule has 2 N–H and O–H groups in total. The molecule has 0 saturated carbocycles. The van der Waals surface area contributed by atoms with Crippen LogP contribution in [-0.2, 0) is 11.8 Å². The van der Waals surface area contributed by atoms with Gasteiger partial charge in [-0.2, -0.15) is 0 Å². The van der Waals surface area contributed by atoms with Gasteiger partial charge in [-0.15, -0.1) is 0 Å². The lowest BCUT2D eigenvalue weighted by atomic mass is 9.85. The number of nitrogens with one attached hydrogen (secondary N) is 1. The van der Waals surface area contributed by atoms with E-state index in [1.807, 2.05) is 13.8 Å².